The van der Waals surface area contributed by atoms with Gasteiger partial charge in [-0.1, -0.05) is 0 Å². The lowest BCUT2D eigenvalue weighted by Crippen LogP contribution is -2.23. The van der Waals surface area contributed by atoms with E-state index in [1.807, 2.05) is 0 Å². The van der Waals surface area contributed by atoms with Crippen molar-refractivity contribution in [2.75, 3.05) is 5.32 Å². The summed E-state index contributed by atoms with van der Waals surface area (Å²) in [7, 11) is 0. The minimum atomic E-state index is -1.32. The van der Waals surface area contributed by atoms with Crippen LogP contribution in [0.1, 0.15) is 26.4 Å². The Hall–Kier alpha value is -3.09. The fourth-order valence-corrected chi connectivity index (χ4v) is 1.73. The number of carbonyl (C=O) groups excluding carboxylic acids is 1. The Morgan fingerprint density at radius 3 is 2.48 bits per heavy atom. The van der Waals surface area contributed by atoms with Crippen LogP contribution < -0.4 is 10.9 Å². The van der Waals surface area contributed by atoms with Crippen molar-refractivity contribution < 1.29 is 19.8 Å². The third-order valence-electron chi connectivity index (χ3n) is 2.78. The highest BCUT2D eigenvalue weighted by Gasteiger charge is 2.14. The smallest absolute Gasteiger partial charge is 0.339 e. The number of H-pyrrole nitrogens is 1. The van der Waals surface area contributed by atoms with Crippen LogP contribution in [-0.4, -0.2) is 27.1 Å². The Bertz CT molecular complexity index is 779. The summed E-state index contributed by atoms with van der Waals surface area (Å²) < 4.78 is 0. The van der Waals surface area contributed by atoms with E-state index < -0.39 is 23.2 Å². The highest BCUT2D eigenvalue weighted by atomic mass is 16.4. The monoisotopic (exact) mass is 288 g/mol. The van der Waals surface area contributed by atoms with Gasteiger partial charge in [0.15, 0.2) is 0 Å². The first-order valence-corrected chi connectivity index (χ1v) is 5.96. The van der Waals surface area contributed by atoms with Crippen LogP contribution in [0, 0.1) is 6.92 Å². The lowest BCUT2D eigenvalue weighted by molar-refractivity contribution is 0.0693. The quantitative estimate of drug-likeness (QED) is 0.635. The molecular formula is C14H12N2O5. The number of nitrogens with one attached hydrogen (secondary N) is 2. The van der Waals surface area contributed by atoms with Crippen LogP contribution in [0.2, 0.25) is 0 Å². The molecule has 0 bridgehead atoms. The van der Waals surface area contributed by atoms with Crippen molar-refractivity contribution in [1.29, 1.82) is 0 Å². The molecule has 4 N–H and O–H groups in total. The summed E-state index contributed by atoms with van der Waals surface area (Å²) in [6.07, 6.45) is 0. The molecular weight excluding hydrogens is 276 g/mol. The fourth-order valence-electron chi connectivity index (χ4n) is 1.73. The molecule has 0 spiro atoms. The Kier molecular flexibility index (Phi) is 3.75. The van der Waals surface area contributed by atoms with Crippen molar-refractivity contribution in [3.8, 4) is 5.75 Å². The molecule has 2 rings (SSSR count). The fraction of sp³-hybridized carbons (Fsp3) is 0.0714. The Balaban J connectivity index is 2.29. The molecule has 1 amide bonds. The number of hydrogen-bond acceptors (Lipinski definition) is 4. The number of aromatic carboxylic acids is 1. The van der Waals surface area contributed by atoms with Gasteiger partial charge in [0.25, 0.3) is 11.5 Å². The van der Waals surface area contributed by atoms with Crippen LogP contribution in [0.3, 0.4) is 0 Å². The molecule has 1 aromatic carbocycles. The summed E-state index contributed by atoms with van der Waals surface area (Å²) >= 11 is 0. The van der Waals surface area contributed by atoms with Crippen LogP contribution in [0.25, 0.3) is 0 Å². The SMILES string of the molecule is Cc1ccc(C(=O)Nc2ccc(O)c(C(=O)O)c2)c(=O)[nH]1. The minimum absolute atomic E-state index is 0.0921. The molecule has 1 heterocycles. The Morgan fingerprint density at radius 1 is 1.14 bits per heavy atom. The van der Waals surface area contributed by atoms with Crippen molar-refractivity contribution in [1.82, 2.24) is 4.98 Å². The summed E-state index contributed by atoms with van der Waals surface area (Å²) in [5.41, 5.74) is -0.189. The molecule has 1 aromatic heterocycles. The maximum Gasteiger partial charge on any atom is 0.339 e. The molecule has 7 nitrogen and oxygen atoms in total. The van der Waals surface area contributed by atoms with Crippen LogP contribution in [0.15, 0.2) is 35.1 Å². The second kappa shape index (κ2) is 5.49. The predicted molar refractivity (Wildman–Crippen MR) is 74.8 cm³/mol. The van der Waals surface area contributed by atoms with Gasteiger partial charge in [0.1, 0.15) is 16.9 Å². The summed E-state index contributed by atoms with van der Waals surface area (Å²) in [5.74, 6) is -2.40. The standard InChI is InChI=1S/C14H12N2O5/c1-7-2-4-9(12(18)15-7)13(19)16-8-3-5-11(17)10(6-8)14(20)21/h2-6,17H,1H3,(H,15,18)(H,16,19)(H,20,21). The van der Waals surface area contributed by atoms with Gasteiger partial charge in [0.2, 0.25) is 0 Å². The van der Waals surface area contributed by atoms with Gasteiger partial charge in [0.05, 0.1) is 0 Å². The van der Waals surface area contributed by atoms with Crippen molar-refractivity contribution in [2.45, 2.75) is 6.92 Å². The highest BCUT2D eigenvalue weighted by Crippen LogP contribution is 2.21. The highest BCUT2D eigenvalue weighted by molar-refractivity contribution is 6.04. The van der Waals surface area contributed by atoms with Gasteiger partial charge in [-0.3, -0.25) is 9.59 Å². The van der Waals surface area contributed by atoms with Gasteiger partial charge in [-0.05, 0) is 37.3 Å². The molecule has 0 fully saturated rings. The molecule has 0 saturated heterocycles. The number of carboxylic acid groups (broad SMARTS) is 1. The summed E-state index contributed by atoms with van der Waals surface area (Å²) in [4.78, 5) is 37.0. The number of rotatable bonds is 3. The number of amides is 1. The zero-order valence-electron chi connectivity index (χ0n) is 11.0. The maximum atomic E-state index is 12.0. The van der Waals surface area contributed by atoms with Gasteiger partial charge in [-0.25, -0.2) is 4.79 Å². The van der Waals surface area contributed by atoms with Gasteiger partial charge >= 0.3 is 5.97 Å². The van der Waals surface area contributed by atoms with Gasteiger partial charge < -0.3 is 20.5 Å². The molecule has 0 aliphatic rings. The van der Waals surface area contributed by atoms with Crippen LogP contribution in [-0.2, 0) is 0 Å². The average Bonchev–Trinajstić information content (AvgIpc) is 2.40. The van der Waals surface area contributed by atoms with Crippen molar-refractivity contribution in [3.05, 3.63) is 57.5 Å². The predicted octanol–water partition coefficient (Wildman–Crippen LogP) is 1.34. The third kappa shape index (κ3) is 3.08. The second-order valence-electron chi connectivity index (χ2n) is 4.38. The topological polar surface area (TPSA) is 119 Å². The van der Waals surface area contributed by atoms with E-state index in [-0.39, 0.29) is 16.8 Å². The van der Waals surface area contributed by atoms with Gasteiger partial charge in [-0.2, -0.15) is 0 Å². The normalized spacial score (nSPS) is 10.1. The van der Waals surface area contributed by atoms with E-state index in [0.717, 1.165) is 12.1 Å². The molecule has 0 aliphatic heterocycles. The summed E-state index contributed by atoms with van der Waals surface area (Å²) in [5, 5.41) is 20.7. The Morgan fingerprint density at radius 2 is 1.86 bits per heavy atom. The Labute approximate surface area is 118 Å². The largest absolute Gasteiger partial charge is 0.507 e. The first-order chi connectivity index (χ1) is 9.88. The van der Waals surface area contributed by atoms with Gasteiger partial charge in [-0.15, -0.1) is 0 Å². The van der Waals surface area contributed by atoms with Crippen molar-refractivity contribution >= 4 is 17.6 Å². The second-order valence-corrected chi connectivity index (χ2v) is 4.38. The van der Waals surface area contributed by atoms with Crippen molar-refractivity contribution in [2.24, 2.45) is 0 Å². The lowest BCUT2D eigenvalue weighted by atomic mass is 10.1. The van der Waals surface area contributed by atoms with Crippen LogP contribution in [0.5, 0.6) is 5.75 Å². The number of hydrogen-bond donors (Lipinski definition) is 4. The first kappa shape index (κ1) is 14.3. The molecule has 0 radical (unpaired) electrons. The number of anilines is 1. The molecule has 0 atom stereocenters. The van der Waals surface area contributed by atoms with E-state index in [2.05, 4.69) is 10.3 Å². The number of carboxylic acids is 1. The minimum Gasteiger partial charge on any atom is -0.507 e. The summed E-state index contributed by atoms with van der Waals surface area (Å²) in [6, 6.07) is 6.55. The van der Waals surface area contributed by atoms with E-state index >= 15 is 0 Å². The van der Waals surface area contributed by atoms with E-state index in [4.69, 9.17) is 5.11 Å². The van der Waals surface area contributed by atoms with Gasteiger partial charge in [0, 0.05) is 11.4 Å². The molecule has 2 aromatic rings. The number of aromatic nitrogens is 1. The molecule has 0 unspecified atom stereocenters. The first-order valence-electron chi connectivity index (χ1n) is 5.96. The number of pyridine rings is 1. The van der Waals surface area contributed by atoms with E-state index in [1.165, 1.54) is 12.1 Å². The van der Waals surface area contributed by atoms with E-state index in [0.29, 0.717) is 5.69 Å². The number of phenols is 1. The van der Waals surface area contributed by atoms with Crippen LogP contribution in [0.4, 0.5) is 5.69 Å². The number of carbonyl (C=O) groups is 2. The number of aryl methyl sites for hydroxylation is 1. The van der Waals surface area contributed by atoms with E-state index in [9.17, 15) is 19.5 Å². The molecule has 108 valence electrons. The summed E-state index contributed by atoms with van der Waals surface area (Å²) in [6.45, 7) is 1.68. The molecule has 0 saturated carbocycles. The number of aromatic amines is 1. The molecule has 7 heteroatoms. The lowest BCUT2D eigenvalue weighted by Gasteiger charge is -2.07. The number of benzene rings is 1. The zero-order chi connectivity index (χ0) is 15.6. The molecule has 21 heavy (non-hydrogen) atoms. The number of aromatic hydroxyl groups is 1. The van der Waals surface area contributed by atoms with Crippen molar-refractivity contribution in [3.63, 3.8) is 0 Å². The molecule has 0 aliphatic carbocycles. The maximum absolute atomic E-state index is 12.0. The zero-order valence-corrected chi connectivity index (χ0v) is 11.0. The van der Waals surface area contributed by atoms with Crippen LogP contribution >= 0.6 is 0 Å². The third-order valence-corrected chi connectivity index (χ3v) is 2.78. The average molecular weight is 288 g/mol. The van der Waals surface area contributed by atoms with E-state index in [1.54, 1.807) is 13.0 Å².